The Kier molecular flexibility index (Phi) is 4.26. The van der Waals surface area contributed by atoms with Crippen LogP contribution in [0.15, 0.2) is 40.0 Å². The van der Waals surface area contributed by atoms with Gasteiger partial charge in [-0.15, -0.1) is 0 Å². The first-order valence-corrected chi connectivity index (χ1v) is 9.07. The molecule has 1 aromatic carbocycles. The normalized spacial score (nSPS) is 17.8. The van der Waals surface area contributed by atoms with Crippen molar-refractivity contribution < 1.29 is 8.42 Å². The van der Waals surface area contributed by atoms with Gasteiger partial charge in [0.25, 0.3) is 0 Å². The molecule has 0 radical (unpaired) electrons. The first kappa shape index (κ1) is 14.9. The summed E-state index contributed by atoms with van der Waals surface area (Å²) in [5.74, 6) is 0. The van der Waals surface area contributed by atoms with Crippen LogP contribution in [-0.4, -0.2) is 43.9 Å². The Morgan fingerprint density at radius 1 is 1.19 bits per heavy atom. The Morgan fingerprint density at radius 2 is 2.05 bits per heavy atom. The van der Waals surface area contributed by atoms with E-state index >= 15 is 0 Å². The number of nitrogens with zero attached hydrogens (tertiary/aromatic N) is 2. The van der Waals surface area contributed by atoms with Gasteiger partial charge in [-0.1, -0.05) is 6.07 Å². The average molecular weight is 370 g/mol. The Labute approximate surface area is 132 Å². The number of fused-ring (bicyclic) bond motifs is 1. The molecule has 1 saturated heterocycles. The molecule has 1 aliphatic rings. The predicted octanol–water partition coefficient (Wildman–Crippen LogP) is 1.98. The van der Waals surface area contributed by atoms with E-state index in [-0.39, 0.29) is 0 Å². The van der Waals surface area contributed by atoms with Gasteiger partial charge in [-0.25, -0.2) is 8.42 Å². The molecule has 1 aromatic heterocycles. The molecule has 112 valence electrons. The summed E-state index contributed by atoms with van der Waals surface area (Å²) >= 11 is 3.45. The summed E-state index contributed by atoms with van der Waals surface area (Å²) in [4.78, 5) is 4.38. The zero-order valence-electron chi connectivity index (χ0n) is 11.4. The molecule has 1 fully saturated rings. The molecule has 0 bridgehead atoms. The third kappa shape index (κ3) is 2.83. The minimum atomic E-state index is -3.48. The molecule has 1 N–H and O–H groups in total. The standard InChI is InChI=1S/C14H16BrN3O2S/c15-14-12-4-6-17-10-11(12)2-3-13(14)21(19,20)18-8-1-5-16-7-9-18/h2-4,6,10,16H,1,5,7-9H2. The SMILES string of the molecule is O=S(=O)(c1ccc2cnccc2c1Br)N1CCCNCC1. The average Bonchev–Trinajstić information content (AvgIpc) is 2.77. The fraction of sp³-hybridized carbons (Fsp3) is 0.357. The van der Waals surface area contributed by atoms with E-state index in [1.54, 1.807) is 28.8 Å². The molecule has 0 amide bonds. The van der Waals surface area contributed by atoms with E-state index in [9.17, 15) is 8.42 Å². The smallest absolute Gasteiger partial charge is 0.244 e. The van der Waals surface area contributed by atoms with Gasteiger partial charge in [-0.3, -0.25) is 4.98 Å². The maximum absolute atomic E-state index is 12.9. The quantitative estimate of drug-likeness (QED) is 0.878. The Bertz CT molecular complexity index is 756. The molecule has 0 aliphatic carbocycles. The number of halogens is 1. The van der Waals surface area contributed by atoms with Crippen molar-refractivity contribution in [2.24, 2.45) is 0 Å². The highest BCUT2D eigenvalue weighted by molar-refractivity contribution is 9.10. The van der Waals surface area contributed by atoms with Crippen LogP contribution in [0, 0.1) is 0 Å². The number of nitrogens with one attached hydrogen (secondary N) is 1. The summed E-state index contributed by atoms with van der Waals surface area (Å²) in [7, 11) is -3.48. The number of pyridine rings is 1. The van der Waals surface area contributed by atoms with Crippen molar-refractivity contribution in [1.82, 2.24) is 14.6 Å². The van der Waals surface area contributed by atoms with Gasteiger partial charge >= 0.3 is 0 Å². The zero-order valence-corrected chi connectivity index (χ0v) is 13.8. The highest BCUT2D eigenvalue weighted by atomic mass is 79.9. The van der Waals surface area contributed by atoms with Crippen LogP contribution < -0.4 is 5.32 Å². The van der Waals surface area contributed by atoms with Gasteiger partial charge in [0, 0.05) is 47.3 Å². The summed E-state index contributed by atoms with van der Waals surface area (Å²) in [6.07, 6.45) is 4.22. The van der Waals surface area contributed by atoms with Crippen LogP contribution in [0.2, 0.25) is 0 Å². The number of rotatable bonds is 2. The minimum absolute atomic E-state index is 0.322. The lowest BCUT2D eigenvalue weighted by Crippen LogP contribution is -2.34. The van der Waals surface area contributed by atoms with Gasteiger partial charge in [-0.05, 0) is 41.0 Å². The van der Waals surface area contributed by atoms with Crippen molar-refractivity contribution in [3.63, 3.8) is 0 Å². The van der Waals surface area contributed by atoms with Crippen LogP contribution in [0.4, 0.5) is 0 Å². The van der Waals surface area contributed by atoms with E-state index in [1.807, 2.05) is 6.07 Å². The van der Waals surface area contributed by atoms with Crippen LogP contribution >= 0.6 is 15.9 Å². The van der Waals surface area contributed by atoms with Gasteiger partial charge in [0.2, 0.25) is 10.0 Å². The van der Waals surface area contributed by atoms with E-state index in [4.69, 9.17) is 0 Å². The molecule has 1 aliphatic heterocycles. The van der Waals surface area contributed by atoms with Crippen molar-refractivity contribution in [2.75, 3.05) is 26.2 Å². The summed E-state index contributed by atoms with van der Waals surface area (Å²) in [6, 6.07) is 5.28. The predicted molar refractivity (Wildman–Crippen MR) is 85.7 cm³/mol. The highest BCUT2D eigenvalue weighted by Crippen LogP contribution is 2.32. The Morgan fingerprint density at radius 3 is 2.90 bits per heavy atom. The van der Waals surface area contributed by atoms with Gasteiger partial charge < -0.3 is 5.32 Å². The van der Waals surface area contributed by atoms with Gasteiger partial charge in [0.1, 0.15) is 0 Å². The maximum atomic E-state index is 12.9. The van der Waals surface area contributed by atoms with Crippen LogP contribution in [0.3, 0.4) is 0 Å². The second-order valence-electron chi connectivity index (χ2n) is 4.98. The molecular weight excluding hydrogens is 354 g/mol. The number of hydrogen-bond donors (Lipinski definition) is 1. The second-order valence-corrected chi connectivity index (χ2v) is 7.68. The van der Waals surface area contributed by atoms with E-state index < -0.39 is 10.0 Å². The summed E-state index contributed by atoms with van der Waals surface area (Å²) in [5.41, 5.74) is 0. The van der Waals surface area contributed by atoms with Crippen molar-refractivity contribution in [1.29, 1.82) is 0 Å². The van der Waals surface area contributed by atoms with Crippen LogP contribution in [0.5, 0.6) is 0 Å². The molecule has 2 aromatic rings. The van der Waals surface area contributed by atoms with Gasteiger partial charge in [0.15, 0.2) is 0 Å². The van der Waals surface area contributed by atoms with Crippen LogP contribution in [0.1, 0.15) is 6.42 Å². The third-order valence-corrected chi connectivity index (χ3v) is 6.69. The van der Waals surface area contributed by atoms with E-state index in [1.165, 1.54) is 0 Å². The highest BCUT2D eigenvalue weighted by Gasteiger charge is 2.27. The fourth-order valence-electron chi connectivity index (χ4n) is 2.51. The van der Waals surface area contributed by atoms with Crippen molar-refractivity contribution >= 4 is 36.7 Å². The number of hydrogen-bond acceptors (Lipinski definition) is 4. The van der Waals surface area contributed by atoms with Crippen molar-refractivity contribution in [2.45, 2.75) is 11.3 Å². The van der Waals surface area contributed by atoms with Crippen LogP contribution in [0.25, 0.3) is 10.8 Å². The lowest BCUT2D eigenvalue weighted by atomic mass is 10.2. The third-order valence-electron chi connectivity index (χ3n) is 3.64. The maximum Gasteiger partial charge on any atom is 0.244 e. The Hall–Kier alpha value is -1.02. The molecule has 5 nitrogen and oxygen atoms in total. The molecule has 0 atom stereocenters. The Balaban J connectivity index is 2.08. The largest absolute Gasteiger partial charge is 0.315 e. The lowest BCUT2D eigenvalue weighted by molar-refractivity contribution is 0.431. The second kappa shape index (κ2) is 6.00. The first-order valence-electron chi connectivity index (χ1n) is 6.84. The van der Waals surface area contributed by atoms with Crippen LogP contribution in [-0.2, 0) is 10.0 Å². The van der Waals surface area contributed by atoms with E-state index in [0.29, 0.717) is 29.0 Å². The van der Waals surface area contributed by atoms with Gasteiger partial charge in [0.05, 0.1) is 4.90 Å². The molecule has 0 saturated carbocycles. The summed E-state index contributed by atoms with van der Waals surface area (Å²) in [6.45, 7) is 2.60. The summed E-state index contributed by atoms with van der Waals surface area (Å²) in [5, 5.41) is 5.00. The molecule has 2 heterocycles. The zero-order chi connectivity index (χ0) is 14.9. The first-order chi connectivity index (χ1) is 10.1. The van der Waals surface area contributed by atoms with Gasteiger partial charge in [-0.2, -0.15) is 4.31 Å². The molecule has 3 rings (SSSR count). The lowest BCUT2D eigenvalue weighted by Gasteiger charge is -2.20. The molecular formula is C14H16BrN3O2S. The molecule has 0 unspecified atom stereocenters. The molecule has 7 heteroatoms. The minimum Gasteiger partial charge on any atom is -0.315 e. The fourth-order valence-corrected chi connectivity index (χ4v) is 5.17. The van der Waals surface area contributed by atoms with Crippen molar-refractivity contribution in [3.8, 4) is 0 Å². The van der Waals surface area contributed by atoms with E-state index in [0.717, 1.165) is 23.7 Å². The molecule has 21 heavy (non-hydrogen) atoms. The summed E-state index contributed by atoms with van der Waals surface area (Å²) < 4.78 is 27.9. The van der Waals surface area contributed by atoms with E-state index in [2.05, 4.69) is 26.2 Å². The monoisotopic (exact) mass is 369 g/mol. The number of benzene rings is 1. The number of aromatic nitrogens is 1. The number of sulfonamides is 1. The topological polar surface area (TPSA) is 62.3 Å². The molecule has 0 spiro atoms. The van der Waals surface area contributed by atoms with Crippen molar-refractivity contribution in [3.05, 3.63) is 35.1 Å².